The number of thioether (sulfide) groups is 1. The van der Waals surface area contributed by atoms with E-state index in [9.17, 15) is 9.59 Å². The van der Waals surface area contributed by atoms with Crippen LogP contribution in [0.3, 0.4) is 0 Å². The number of aryl methyl sites for hydroxylation is 2. The van der Waals surface area contributed by atoms with Gasteiger partial charge in [-0.25, -0.2) is 4.98 Å². The molecule has 6 nitrogen and oxygen atoms in total. The van der Waals surface area contributed by atoms with Gasteiger partial charge in [-0.05, 0) is 73.0 Å². The predicted octanol–water partition coefficient (Wildman–Crippen LogP) is 5.42. The van der Waals surface area contributed by atoms with Gasteiger partial charge >= 0.3 is 0 Å². The Kier molecular flexibility index (Phi) is 7.14. The van der Waals surface area contributed by atoms with Gasteiger partial charge in [-0.2, -0.15) is 0 Å². The monoisotopic (exact) mass is 519 g/mol. The highest BCUT2D eigenvalue weighted by atomic mass is 35.5. The predicted molar refractivity (Wildman–Crippen MR) is 145 cm³/mol. The summed E-state index contributed by atoms with van der Waals surface area (Å²) in [5, 5.41) is 1.73. The normalized spacial score (nSPS) is 13.8. The second-order valence-corrected chi connectivity index (χ2v) is 10.3. The van der Waals surface area contributed by atoms with Gasteiger partial charge in [0.25, 0.3) is 11.5 Å². The number of aromatic nitrogens is 2. The van der Waals surface area contributed by atoms with Crippen LogP contribution in [-0.2, 0) is 10.5 Å². The Morgan fingerprint density at radius 2 is 1.69 bits per heavy atom. The SMILES string of the molecule is Cc1cc(C)cc(-n2c(SCc3ccc(Cl)cc3)nc3cc(C(=O)N4CCOCC4)ccc3c2=O)c1. The minimum absolute atomic E-state index is 0.0733. The Balaban J connectivity index is 1.60. The van der Waals surface area contributed by atoms with Crippen molar-refractivity contribution in [1.29, 1.82) is 0 Å². The molecule has 1 saturated heterocycles. The Bertz CT molecular complexity index is 1470. The zero-order valence-corrected chi connectivity index (χ0v) is 21.7. The van der Waals surface area contributed by atoms with Gasteiger partial charge < -0.3 is 9.64 Å². The molecular weight excluding hydrogens is 494 g/mol. The molecule has 36 heavy (non-hydrogen) atoms. The average molecular weight is 520 g/mol. The third-order valence-electron chi connectivity index (χ3n) is 6.13. The molecule has 1 amide bonds. The van der Waals surface area contributed by atoms with E-state index in [0.717, 1.165) is 22.4 Å². The molecule has 0 spiro atoms. The molecule has 0 radical (unpaired) electrons. The summed E-state index contributed by atoms with van der Waals surface area (Å²) in [5.41, 5.74) is 4.86. The van der Waals surface area contributed by atoms with E-state index in [-0.39, 0.29) is 11.5 Å². The summed E-state index contributed by atoms with van der Waals surface area (Å²) in [6.07, 6.45) is 0. The molecule has 1 aromatic heterocycles. The highest BCUT2D eigenvalue weighted by molar-refractivity contribution is 7.98. The van der Waals surface area contributed by atoms with E-state index in [1.54, 1.807) is 27.7 Å². The summed E-state index contributed by atoms with van der Waals surface area (Å²) in [4.78, 5) is 33.5. The number of nitrogens with zero attached hydrogens (tertiary/aromatic N) is 3. The third kappa shape index (κ3) is 5.19. The van der Waals surface area contributed by atoms with Crippen LogP contribution in [0.15, 0.2) is 70.6 Å². The largest absolute Gasteiger partial charge is 0.378 e. The maximum Gasteiger partial charge on any atom is 0.266 e. The van der Waals surface area contributed by atoms with Crippen molar-refractivity contribution in [2.45, 2.75) is 24.8 Å². The highest BCUT2D eigenvalue weighted by Crippen LogP contribution is 2.27. The topological polar surface area (TPSA) is 64.4 Å². The Morgan fingerprint density at radius 1 is 1.00 bits per heavy atom. The van der Waals surface area contributed by atoms with E-state index in [1.807, 2.05) is 50.2 Å². The molecule has 1 aliphatic heterocycles. The lowest BCUT2D eigenvalue weighted by Gasteiger charge is -2.26. The maximum absolute atomic E-state index is 13.8. The lowest BCUT2D eigenvalue weighted by atomic mass is 10.1. The van der Waals surface area contributed by atoms with Crippen molar-refractivity contribution in [2.75, 3.05) is 26.3 Å². The number of carbonyl (C=O) groups excluding carboxylic acids is 1. The molecule has 1 aliphatic rings. The van der Waals surface area contributed by atoms with Crippen molar-refractivity contribution in [2.24, 2.45) is 0 Å². The summed E-state index contributed by atoms with van der Waals surface area (Å²) in [5.74, 6) is 0.544. The molecule has 2 heterocycles. The summed E-state index contributed by atoms with van der Waals surface area (Å²) < 4.78 is 7.04. The number of halogens is 1. The van der Waals surface area contributed by atoms with E-state index < -0.39 is 0 Å². The summed E-state index contributed by atoms with van der Waals surface area (Å²) >= 11 is 7.52. The molecular formula is C28H26ClN3O3S. The fourth-order valence-electron chi connectivity index (χ4n) is 4.38. The fraction of sp³-hybridized carbons (Fsp3) is 0.250. The van der Waals surface area contributed by atoms with Crippen LogP contribution in [0.5, 0.6) is 0 Å². The summed E-state index contributed by atoms with van der Waals surface area (Å²) in [6, 6.07) is 18.9. The number of hydrogen-bond acceptors (Lipinski definition) is 5. The van der Waals surface area contributed by atoms with Crippen LogP contribution in [0.1, 0.15) is 27.0 Å². The van der Waals surface area contributed by atoms with Crippen LogP contribution in [-0.4, -0.2) is 46.7 Å². The highest BCUT2D eigenvalue weighted by Gasteiger charge is 2.21. The first-order chi connectivity index (χ1) is 17.4. The first-order valence-electron chi connectivity index (χ1n) is 11.8. The molecule has 0 bridgehead atoms. The van der Waals surface area contributed by atoms with E-state index in [2.05, 4.69) is 6.07 Å². The van der Waals surface area contributed by atoms with Crippen molar-refractivity contribution in [3.63, 3.8) is 0 Å². The molecule has 8 heteroatoms. The lowest BCUT2D eigenvalue weighted by Crippen LogP contribution is -2.40. The third-order valence-corrected chi connectivity index (χ3v) is 7.39. The number of ether oxygens (including phenoxy) is 1. The molecule has 3 aromatic carbocycles. The van der Waals surface area contributed by atoms with Crippen LogP contribution in [0.25, 0.3) is 16.6 Å². The summed E-state index contributed by atoms with van der Waals surface area (Å²) in [7, 11) is 0. The van der Waals surface area contributed by atoms with Crippen LogP contribution >= 0.6 is 23.4 Å². The van der Waals surface area contributed by atoms with Crippen molar-refractivity contribution < 1.29 is 9.53 Å². The van der Waals surface area contributed by atoms with Crippen molar-refractivity contribution in [3.05, 3.63) is 98.3 Å². The Morgan fingerprint density at radius 3 is 2.39 bits per heavy atom. The Labute approximate surface area is 218 Å². The molecule has 184 valence electrons. The van der Waals surface area contributed by atoms with E-state index in [0.29, 0.717) is 58.7 Å². The van der Waals surface area contributed by atoms with Gasteiger partial charge in [0.2, 0.25) is 0 Å². The maximum atomic E-state index is 13.8. The number of benzene rings is 3. The molecule has 0 atom stereocenters. The van der Waals surface area contributed by atoms with Gasteiger partial charge in [-0.15, -0.1) is 0 Å². The van der Waals surface area contributed by atoms with Gasteiger partial charge in [0.05, 0.1) is 29.8 Å². The van der Waals surface area contributed by atoms with Gasteiger partial charge in [-0.3, -0.25) is 14.2 Å². The van der Waals surface area contributed by atoms with Gasteiger partial charge in [0.15, 0.2) is 5.16 Å². The zero-order chi connectivity index (χ0) is 25.2. The minimum atomic E-state index is -0.158. The quantitative estimate of drug-likeness (QED) is 0.260. The first-order valence-corrected chi connectivity index (χ1v) is 13.2. The lowest BCUT2D eigenvalue weighted by molar-refractivity contribution is 0.0303. The number of carbonyl (C=O) groups is 1. The van der Waals surface area contributed by atoms with Gasteiger partial charge in [0.1, 0.15) is 0 Å². The second kappa shape index (κ2) is 10.5. The number of amides is 1. The molecule has 0 unspecified atom stereocenters. The zero-order valence-electron chi connectivity index (χ0n) is 20.2. The minimum Gasteiger partial charge on any atom is -0.378 e. The van der Waals surface area contributed by atoms with Crippen molar-refractivity contribution in [1.82, 2.24) is 14.5 Å². The van der Waals surface area contributed by atoms with E-state index in [4.69, 9.17) is 21.3 Å². The molecule has 0 aliphatic carbocycles. The summed E-state index contributed by atoms with van der Waals surface area (Å²) in [6.45, 7) is 6.20. The van der Waals surface area contributed by atoms with Crippen LogP contribution in [0, 0.1) is 13.8 Å². The number of rotatable bonds is 5. The fourth-order valence-corrected chi connectivity index (χ4v) is 5.47. The molecule has 5 rings (SSSR count). The van der Waals surface area contributed by atoms with Gasteiger partial charge in [-0.1, -0.05) is 41.6 Å². The van der Waals surface area contributed by atoms with Crippen molar-refractivity contribution in [3.8, 4) is 5.69 Å². The smallest absolute Gasteiger partial charge is 0.266 e. The van der Waals surface area contributed by atoms with Gasteiger partial charge in [0, 0.05) is 29.4 Å². The van der Waals surface area contributed by atoms with E-state index in [1.165, 1.54) is 11.8 Å². The van der Waals surface area contributed by atoms with Crippen LogP contribution in [0.4, 0.5) is 0 Å². The molecule has 1 fully saturated rings. The standard InChI is InChI=1S/C28H26ClN3O3S/c1-18-13-19(2)15-23(14-18)32-27(34)24-8-5-21(26(33)31-9-11-35-12-10-31)16-25(24)30-28(32)36-17-20-3-6-22(29)7-4-20/h3-8,13-16H,9-12,17H2,1-2H3. The first kappa shape index (κ1) is 24.6. The van der Waals surface area contributed by atoms with Crippen molar-refractivity contribution >= 4 is 40.2 Å². The number of hydrogen-bond donors (Lipinski definition) is 0. The van der Waals surface area contributed by atoms with E-state index >= 15 is 0 Å². The van der Waals surface area contributed by atoms with Crippen LogP contribution < -0.4 is 5.56 Å². The molecule has 4 aromatic rings. The number of morpholine rings is 1. The average Bonchev–Trinajstić information content (AvgIpc) is 2.87. The van der Waals surface area contributed by atoms with Crippen LogP contribution in [0.2, 0.25) is 5.02 Å². The second-order valence-electron chi connectivity index (χ2n) is 8.93. The Hall–Kier alpha value is -3.13. The molecule has 0 N–H and O–H groups in total. The number of fused-ring (bicyclic) bond motifs is 1. The molecule has 0 saturated carbocycles.